The van der Waals surface area contributed by atoms with Crippen molar-refractivity contribution in [3.8, 4) is 5.75 Å². The minimum Gasteiger partial charge on any atom is -0.425 e. The molecule has 0 saturated heterocycles. The summed E-state index contributed by atoms with van der Waals surface area (Å²) in [5.41, 5.74) is 2.16. The quantitative estimate of drug-likeness (QED) is 0.282. The Labute approximate surface area is 193 Å². The third-order valence-electron chi connectivity index (χ3n) is 5.55. The fraction of sp³-hybridized carbons (Fsp3) is 0.360. The molecule has 7 nitrogen and oxygen atoms in total. The molecule has 0 aliphatic heterocycles. The Morgan fingerprint density at radius 3 is 2.42 bits per heavy atom. The summed E-state index contributed by atoms with van der Waals surface area (Å²) >= 11 is 0. The van der Waals surface area contributed by atoms with E-state index in [1.807, 2.05) is 20.8 Å². The molecule has 3 rings (SSSR count). The molecule has 0 spiro atoms. The molecule has 33 heavy (non-hydrogen) atoms. The number of unbranched alkanes of at least 4 members (excludes halogenated alkanes) is 1. The number of hydrogen-bond acceptors (Lipinski definition) is 6. The molecule has 1 aromatic heterocycles. The van der Waals surface area contributed by atoms with Crippen LogP contribution in [0.5, 0.6) is 5.75 Å². The summed E-state index contributed by atoms with van der Waals surface area (Å²) in [6.45, 7) is 7.46. The molecule has 1 N–H and O–H groups in total. The maximum Gasteiger partial charge on any atom is 0.336 e. The smallest absolute Gasteiger partial charge is 0.336 e. The summed E-state index contributed by atoms with van der Waals surface area (Å²) in [6.07, 6.45) is 2.38. The summed E-state index contributed by atoms with van der Waals surface area (Å²) in [7, 11) is -3.91. The fourth-order valence-electron chi connectivity index (χ4n) is 3.60. The summed E-state index contributed by atoms with van der Waals surface area (Å²) in [6, 6.07) is 10.2. The van der Waals surface area contributed by atoms with Crippen LogP contribution >= 0.6 is 0 Å². The second-order valence-corrected chi connectivity index (χ2v) is 9.77. The molecule has 176 valence electrons. The number of fused-ring (bicyclic) bond motifs is 1. The van der Waals surface area contributed by atoms with Gasteiger partial charge in [-0.3, -0.25) is 0 Å². The summed E-state index contributed by atoms with van der Waals surface area (Å²) in [5, 5.41) is 0.775. The van der Waals surface area contributed by atoms with E-state index in [-0.39, 0.29) is 10.6 Å². The van der Waals surface area contributed by atoms with Gasteiger partial charge in [0.25, 0.3) is 0 Å². The molecule has 8 heteroatoms. The van der Waals surface area contributed by atoms with Crippen molar-refractivity contribution < 1.29 is 22.4 Å². The molecule has 2 aromatic carbocycles. The third kappa shape index (κ3) is 5.69. The van der Waals surface area contributed by atoms with Crippen LogP contribution in [-0.2, 0) is 21.2 Å². The Morgan fingerprint density at radius 2 is 1.79 bits per heavy atom. The van der Waals surface area contributed by atoms with E-state index >= 15 is 0 Å². The molecule has 0 unspecified atom stereocenters. The number of sulfonamides is 1. The van der Waals surface area contributed by atoms with Crippen molar-refractivity contribution in [1.82, 2.24) is 4.72 Å². The van der Waals surface area contributed by atoms with E-state index in [9.17, 15) is 18.0 Å². The van der Waals surface area contributed by atoms with Gasteiger partial charge >= 0.3 is 11.6 Å². The van der Waals surface area contributed by atoms with E-state index in [0.717, 1.165) is 22.9 Å². The highest BCUT2D eigenvalue weighted by atomic mass is 32.2. The highest BCUT2D eigenvalue weighted by Crippen LogP contribution is 2.29. The van der Waals surface area contributed by atoms with Crippen molar-refractivity contribution in [3.05, 3.63) is 69.6 Å². The van der Waals surface area contributed by atoms with Gasteiger partial charge in [-0.15, -0.1) is 0 Å². The van der Waals surface area contributed by atoms with Crippen molar-refractivity contribution in [1.29, 1.82) is 0 Å². The monoisotopic (exact) mass is 471 g/mol. The van der Waals surface area contributed by atoms with Gasteiger partial charge in [-0.2, -0.15) is 4.72 Å². The topological polar surface area (TPSA) is 103 Å². The third-order valence-corrected chi connectivity index (χ3v) is 7.04. The lowest BCUT2D eigenvalue weighted by atomic mass is 10.0. The summed E-state index contributed by atoms with van der Waals surface area (Å²) in [4.78, 5) is 25.0. The number of aryl methyl sites for hydroxylation is 3. The molecule has 0 amide bonds. The van der Waals surface area contributed by atoms with Crippen LogP contribution in [0.25, 0.3) is 11.0 Å². The van der Waals surface area contributed by atoms with Crippen molar-refractivity contribution in [2.45, 2.75) is 64.3 Å². The van der Waals surface area contributed by atoms with Crippen LogP contribution in [0.2, 0.25) is 0 Å². The van der Waals surface area contributed by atoms with E-state index in [1.165, 1.54) is 18.2 Å². The number of nitrogens with one attached hydrogen (secondary N) is 1. The first-order chi connectivity index (χ1) is 15.7. The first-order valence-electron chi connectivity index (χ1n) is 11.0. The Bertz CT molecular complexity index is 1310. The Hall–Kier alpha value is -2.97. The number of carbonyl (C=O) groups excluding carboxylic acids is 1. The molecule has 0 radical (unpaired) electrons. The zero-order chi connectivity index (χ0) is 24.2. The van der Waals surface area contributed by atoms with Crippen LogP contribution in [0, 0.1) is 13.8 Å². The zero-order valence-electron chi connectivity index (χ0n) is 19.3. The maximum atomic E-state index is 13.0. The minimum atomic E-state index is -3.91. The number of rotatable bonds is 9. The van der Waals surface area contributed by atoms with Gasteiger partial charge in [-0.1, -0.05) is 44.4 Å². The lowest BCUT2D eigenvalue weighted by Gasteiger charge is -2.18. The van der Waals surface area contributed by atoms with E-state index in [1.54, 1.807) is 31.2 Å². The number of hydrogen-bond donors (Lipinski definition) is 1. The van der Waals surface area contributed by atoms with Gasteiger partial charge in [0.15, 0.2) is 0 Å². The molecule has 3 aromatic rings. The maximum absolute atomic E-state index is 13.0. The van der Waals surface area contributed by atoms with E-state index in [4.69, 9.17) is 9.15 Å². The lowest BCUT2D eigenvalue weighted by molar-refractivity contribution is -0.136. The normalized spacial score (nSPS) is 12.6. The van der Waals surface area contributed by atoms with Gasteiger partial charge in [-0.05, 0) is 56.5 Å². The van der Waals surface area contributed by atoms with Crippen LogP contribution in [0.15, 0.2) is 56.6 Å². The highest BCUT2D eigenvalue weighted by Gasteiger charge is 2.27. The zero-order valence-corrected chi connectivity index (χ0v) is 20.1. The summed E-state index contributed by atoms with van der Waals surface area (Å²) in [5.74, 6) is -0.490. The molecular weight excluding hydrogens is 442 g/mol. The minimum absolute atomic E-state index is 0.0816. The fourth-order valence-corrected chi connectivity index (χ4v) is 4.82. The molecule has 0 fully saturated rings. The lowest BCUT2D eigenvalue weighted by Crippen LogP contribution is -2.43. The number of esters is 1. The molecule has 1 heterocycles. The first kappa shape index (κ1) is 24.7. The predicted molar refractivity (Wildman–Crippen MR) is 127 cm³/mol. The van der Waals surface area contributed by atoms with Crippen molar-refractivity contribution in [2.75, 3.05) is 0 Å². The second-order valence-electron chi connectivity index (χ2n) is 8.06. The van der Waals surface area contributed by atoms with E-state index < -0.39 is 27.7 Å². The molecule has 0 saturated carbocycles. The summed E-state index contributed by atoms with van der Waals surface area (Å²) < 4.78 is 39.2. The number of benzene rings is 2. The van der Waals surface area contributed by atoms with Crippen molar-refractivity contribution in [2.24, 2.45) is 0 Å². The van der Waals surface area contributed by atoms with Gasteiger partial charge in [0.2, 0.25) is 10.0 Å². The Balaban J connectivity index is 1.90. The average Bonchev–Trinajstić information content (AvgIpc) is 2.78. The van der Waals surface area contributed by atoms with Crippen LogP contribution in [0.4, 0.5) is 0 Å². The van der Waals surface area contributed by atoms with Gasteiger partial charge < -0.3 is 9.15 Å². The van der Waals surface area contributed by atoms with Crippen LogP contribution in [0.3, 0.4) is 0 Å². The average molecular weight is 472 g/mol. The SMILES string of the molecule is CCCC[C@H](NS(=O)(=O)c1ccc(C)cc1)C(=O)Oc1ccc2c(CC)cc(=O)oc2c1C. The van der Waals surface area contributed by atoms with E-state index in [0.29, 0.717) is 30.4 Å². The molecule has 0 aliphatic rings. The van der Waals surface area contributed by atoms with E-state index in [2.05, 4.69) is 4.72 Å². The number of carbonyl (C=O) groups is 1. The molecule has 0 aliphatic carbocycles. The highest BCUT2D eigenvalue weighted by molar-refractivity contribution is 7.89. The first-order valence-corrected chi connectivity index (χ1v) is 12.5. The Morgan fingerprint density at radius 1 is 1.09 bits per heavy atom. The van der Waals surface area contributed by atoms with Crippen molar-refractivity contribution in [3.63, 3.8) is 0 Å². The molecule has 0 bridgehead atoms. The standard InChI is InChI=1S/C25H29NO6S/c1-5-7-8-21(26-33(29,30)19-11-9-16(3)10-12-19)25(28)31-22-14-13-20-18(6-2)15-23(27)32-24(20)17(22)4/h9-15,21,26H,5-8H2,1-4H3/t21-/m0/s1. The van der Waals surface area contributed by atoms with Crippen LogP contribution < -0.4 is 15.1 Å². The second kappa shape index (κ2) is 10.3. The number of ether oxygens (including phenoxy) is 1. The van der Waals surface area contributed by atoms with Crippen molar-refractivity contribution >= 4 is 27.0 Å². The van der Waals surface area contributed by atoms with Gasteiger partial charge in [-0.25, -0.2) is 18.0 Å². The van der Waals surface area contributed by atoms with Gasteiger partial charge in [0.05, 0.1) is 4.90 Å². The van der Waals surface area contributed by atoms with Gasteiger partial charge in [0.1, 0.15) is 17.4 Å². The molecule has 1 atom stereocenters. The molecular formula is C25H29NO6S. The van der Waals surface area contributed by atoms with Crippen LogP contribution in [0.1, 0.15) is 49.8 Å². The van der Waals surface area contributed by atoms with Gasteiger partial charge in [0, 0.05) is 17.0 Å². The van der Waals surface area contributed by atoms with Crippen LogP contribution in [-0.4, -0.2) is 20.4 Å². The largest absolute Gasteiger partial charge is 0.425 e. The predicted octanol–water partition coefficient (Wildman–Crippen LogP) is 4.41. The Kier molecular flexibility index (Phi) is 7.71.